The number of nitrogens with one attached hydrogen (secondary N) is 1. The van der Waals surface area contributed by atoms with Crippen molar-refractivity contribution in [3.05, 3.63) is 65.9 Å². The lowest BCUT2D eigenvalue weighted by molar-refractivity contribution is -0.116. The molecule has 1 saturated heterocycles. The highest BCUT2D eigenvalue weighted by atomic mass is 16.5. The first kappa shape index (κ1) is 19.7. The molecule has 2 amide bonds. The van der Waals surface area contributed by atoms with E-state index in [-0.39, 0.29) is 18.4 Å². The fraction of sp³-hybridized carbons (Fsp3) is 0.261. The molecule has 1 fully saturated rings. The monoisotopic (exact) mass is 405 g/mol. The van der Waals surface area contributed by atoms with Crippen LogP contribution in [0.5, 0.6) is 0 Å². The zero-order chi connectivity index (χ0) is 21.1. The number of carbonyl (C=O) groups excluding carboxylic acids is 3. The van der Waals surface area contributed by atoms with Crippen LogP contribution in [0.15, 0.2) is 54.7 Å². The maximum Gasteiger partial charge on any atom is 0.340 e. The molecule has 0 bridgehead atoms. The Morgan fingerprint density at radius 1 is 0.967 bits per heavy atom. The quantitative estimate of drug-likeness (QED) is 0.661. The summed E-state index contributed by atoms with van der Waals surface area (Å²) in [6.45, 7) is 1.49. The second-order valence-electron chi connectivity index (χ2n) is 7.27. The first-order chi connectivity index (χ1) is 14.6. The number of ether oxygens (including phenoxy) is 1. The van der Waals surface area contributed by atoms with Crippen LogP contribution in [0.2, 0.25) is 0 Å². The van der Waals surface area contributed by atoms with Crippen LogP contribution in [-0.2, 0) is 16.1 Å². The van der Waals surface area contributed by atoms with Crippen molar-refractivity contribution in [1.29, 1.82) is 0 Å². The normalized spacial score (nSPS) is 13.4. The summed E-state index contributed by atoms with van der Waals surface area (Å²) in [7, 11) is 1.33. The van der Waals surface area contributed by atoms with Crippen molar-refractivity contribution >= 4 is 34.4 Å². The Kier molecular flexibility index (Phi) is 5.52. The molecule has 3 aromatic rings. The fourth-order valence-corrected chi connectivity index (χ4v) is 3.86. The van der Waals surface area contributed by atoms with Gasteiger partial charge in [-0.2, -0.15) is 0 Å². The van der Waals surface area contributed by atoms with Gasteiger partial charge >= 0.3 is 5.97 Å². The Morgan fingerprint density at radius 3 is 2.43 bits per heavy atom. The van der Waals surface area contributed by atoms with Crippen molar-refractivity contribution in [2.75, 3.05) is 25.5 Å². The minimum absolute atomic E-state index is 0.00372. The van der Waals surface area contributed by atoms with Crippen LogP contribution < -0.4 is 5.32 Å². The standard InChI is InChI=1S/C23H23N3O4/c1-30-23(29)18-14-26(20-11-5-3-8-16(18)20)15-21(27)24-19-10-4-2-9-17(19)22(28)25-12-6-7-13-25/h2-5,8-11,14H,6-7,12-13,15H2,1H3,(H,24,27). The van der Waals surface area contributed by atoms with Gasteiger partial charge in [0.25, 0.3) is 5.91 Å². The predicted octanol–water partition coefficient (Wildman–Crippen LogP) is 3.30. The molecule has 4 rings (SSSR count). The Balaban J connectivity index is 1.57. The number of aromatic nitrogens is 1. The van der Waals surface area contributed by atoms with E-state index in [0.29, 0.717) is 16.8 Å². The number of hydrogen-bond donors (Lipinski definition) is 1. The molecule has 7 nitrogen and oxygen atoms in total. The lowest BCUT2D eigenvalue weighted by Gasteiger charge is -2.18. The van der Waals surface area contributed by atoms with Gasteiger partial charge in [-0.1, -0.05) is 30.3 Å². The number of amides is 2. The van der Waals surface area contributed by atoms with E-state index in [0.717, 1.165) is 36.8 Å². The molecule has 0 spiro atoms. The number of nitrogens with zero attached hydrogens (tertiary/aromatic N) is 2. The van der Waals surface area contributed by atoms with Crippen LogP contribution in [0, 0.1) is 0 Å². The van der Waals surface area contributed by atoms with E-state index in [1.807, 2.05) is 29.2 Å². The SMILES string of the molecule is COC(=O)c1cn(CC(=O)Nc2ccccc2C(=O)N2CCCC2)c2ccccc12. The Bertz CT molecular complexity index is 1110. The van der Waals surface area contributed by atoms with Gasteiger partial charge in [-0.15, -0.1) is 0 Å². The Labute approximate surface area is 174 Å². The van der Waals surface area contributed by atoms with E-state index < -0.39 is 5.97 Å². The molecular formula is C23H23N3O4. The lowest BCUT2D eigenvalue weighted by atomic mass is 10.1. The number of rotatable bonds is 5. The van der Waals surface area contributed by atoms with Gasteiger partial charge < -0.3 is 19.5 Å². The third-order valence-corrected chi connectivity index (χ3v) is 5.33. The first-order valence-electron chi connectivity index (χ1n) is 9.93. The van der Waals surface area contributed by atoms with Gasteiger partial charge in [-0.3, -0.25) is 9.59 Å². The number of carbonyl (C=O) groups is 3. The number of likely N-dealkylation sites (tertiary alicyclic amines) is 1. The molecule has 1 aromatic heterocycles. The number of fused-ring (bicyclic) bond motifs is 1. The summed E-state index contributed by atoms with van der Waals surface area (Å²) < 4.78 is 6.56. The lowest BCUT2D eigenvalue weighted by Crippen LogP contribution is -2.29. The van der Waals surface area contributed by atoms with Gasteiger partial charge in [-0.05, 0) is 31.0 Å². The van der Waals surface area contributed by atoms with Crippen LogP contribution in [0.4, 0.5) is 5.69 Å². The van der Waals surface area contributed by atoms with E-state index in [1.165, 1.54) is 7.11 Å². The highest BCUT2D eigenvalue weighted by Crippen LogP contribution is 2.23. The van der Waals surface area contributed by atoms with Gasteiger partial charge in [-0.25, -0.2) is 4.79 Å². The molecule has 2 aromatic carbocycles. The smallest absolute Gasteiger partial charge is 0.340 e. The van der Waals surface area contributed by atoms with Gasteiger partial charge in [0.2, 0.25) is 5.91 Å². The van der Waals surface area contributed by atoms with Crippen molar-refractivity contribution in [2.24, 2.45) is 0 Å². The van der Waals surface area contributed by atoms with Crippen molar-refractivity contribution in [3.8, 4) is 0 Å². The van der Waals surface area contributed by atoms with E-state index in [1.54, 1.807) is 35.0 Å². The number of para-hydroxylation sites is 2. The third kappa shape index (κ3) is 3.78. The van der Waals surface area contributed by atoms with Crippen molar-refractivity contribution in [2.45, 2.75) is 19.4 Å². The largest absolute Gasteiger partial charge is 0.465 e. The molecule has 0 saturated carbocycles. The number of esters is 1. The fourth-order valence-electron chi connectivity index (χ4n) is 3.86. The van der Waals surface area contributed by atoms with Crippen LogP contribution in [0.1, 0.15) is 33.6 Å². The maximum absolute atomic E-state index is 12.8. The molecule has 1 aliphatic rings. The van der Waals surface area contributed by atoms with E-state index in [2.05, 4.69) is 5.32 Å². The third-order valence-electron chi connectivity index (χ3n) is 5.33. The minimum atomic E-state index is -0.452. The summed E-state index contributed by atoms with van der Waals surface area (Å²) in [5.74, 6) is -0.802. The first-order valence-corrected chi connectivity index (χ1v) is 9.93. The van der Waals surface area contributed by atoms with Crippen molar-refractivity contribution < 1.29 is 19.1 Å². The number of anilines is 1. The van der Waals surface area contributed by atoms with E-state index >= 15 is 0 Å². The van der Waals surface area contributed by atoms with Gasteiger partial charge in [0.15, 0.2) is 0 Å². The average molecular weight is 405 g/mol. The van der Waals surface area contributed by atoms with Crippen molar-refractivity contribution in [1.82, 2.24) is 9.47 Å². The molecule has 2 heterocycles. The molecule has 0 atom stereocenters. The summed E-state index contributed by atoms with van der Waals surface area (Å²) in [5, 5.41) is 3.58. The Hall–Kier alpha value is -3.61. The predicted molar refractivity (Wildman–Crippen MR) is 113 cm³/mol. The zero-order valence-electron chi connectivity index (χ0n) is 16.8. The molecular weight excluding hydrogens is 382 g/mol. The molecule has 7 heteroatoms. The van der Waals surface area contributed by atoms with Crippen molar-refractivity contribution in [3.63, 3.8) is 0 Å². The summed E-state index contributed by atoms with van der Waals surface area (Å²) in [5.41, 5.74) is 2.14. The van der Waals surface area contributed by atoms with E-state index in [9.17, 15) is 14.4 Å². The average Bonchev–Trinajstić information content (AvgIpc) is 3.42. The summed E-state index contributed by atoms with van der Waals surface area (Å²) in [6, 6.07) is 14.4. The summed E-state index contributed by atoms with van der Waals surface area (Å²) >= 11 is 0. The topological polar surface area (TPSA) is 80.6 Å². The second kappa shape index (κ2) is 8.41. The minimum Gasteiger partial charge on any atom is -0.465 e. The number of hydrogen-bond acceptors (Lipinski definition) is 4. The summed E-state index contributed by atoms with van der Waals surface area (Å²) in [4.78, 5) is 39.5. The molecule has 154 valence electrons. The maximum atomic E-state index is 12.8. The number of methoxy groups -OCH3 is 1. The highest BCUT2D eigenvalue weighted by Gasteiger charge is 2.22. The molecule has 0 aliphatic carbocycles. The zero-order valence-corrected chi connectivity index (χ0v) is 16.8. The molecule has 0 radical (unpaired) electrons. The summed E-state index contributed by atoms with van der Waals surface area (Å²) in [6.07, 6.45) is 3.63. The van der Waals surface area contributed by atoms with Crippen LogP contribution >= 0.6 is 0 Å². The van der Waals surface area contributed by atoms with Gasteiger partial charge in [0.1, 0.15) is 6.54 Å². The molecule has 0 unspecified atom stereocenters. The second-order valence-corrected chi connectivity index (χ2v) is 7.27. The van der Waals surface area contributed by atoms with E-state index in [4.69, 9.17) is 4.74 Å². The number of benzene rings is 2. The van der Waals surface area contributed by atoms with Gasteiger partial charge in [0, 0.05) is 30.2 Å². The van der Waals surface area contributed by atoms with Gasteiger partial charge in [0.05, 0.1) is 23.9 Å². The van der Waals surface area contributed by atoms with Crippen LogP contribution in [-0.4, -0.2) is 47.4 Å². The molecule has 1 aliphatic heterocycles. The van der Waals surface area contributed by atoms with Crippen LogP contribution in [0.25, 0.3) is 10.9 Å². The van der Waals surface area contributed by atoms with Crippen LogP contribution in [0.3, 0.4) is 0 Å². The molecule has 1 N–H and O–H groups in total. The molecule has 30 heavy (non-hydrogen) atoms. The Morgan fingerprint density at radius 2 is 1.67 bits per heavy atom. The highest BCUT2D eigenvalue weighted by molar-refractivity contribution is 6.06.